The van der Waals surface area contributed by atoms with Gasteiger partial charge in [-0.3, -0.25) is 9.59 Å². The standard InChI is InChI=1S/C24H27N3O2/c1-4-25-12-14-26(15-13-25)16-21-19-10-5-6-11-20(19)23(28)27(24(21)29)22-17(2)8-7-9-18(22)3/h5-11,16H,4,12-15H2,1-3H3/p+1/b21-16-. The van der Waals surface area contributed by atoms with Gasteiger partial charge in [0.25, 0.3) is 11.8 Å². The van der Waals surface area contributed by atoms with E-state index < -0.39 is 0 Å². The quantitative estimate of drug-likeness (QED) is 0.645. The van der Waals surface area contributed by atoms with Crippen LogP contribution >= 0.6 is 0 Å². The molecule has 0 saturated carbocycles. The van der Waals surface area contributed by atoms with Gasteiger partial charge in [0.1, 0.15) is 0 Å². The molecule has 4 rings (SSSR count). The summed E-state index contributed by atoms with van der Waals surface area (Å²) < 4.78 is 0. The van der Waals surface area contributed by atoms with Gasteiger partial charge in [0.05, 0.1) is 44.0 Å². The number of carbonyl (C=O) groups excluding carboxylic acids is 2. The Hall–Kier alpha value is -2.92. The number of nitrogens with one attached hydrogen (secondary N) is 1. The van der Waals surface area contributed by atoms with Crippen LogP contribution in [0.5, 0.6) is 0 Å². The van der Waals surface area contributed by atoms with Crippen molar-refractivity contribution in [2.45, 2.75) is 20.8 Å². The lowest BCUT2D eigenvalue weighted by Crippen LogP contribution is -3.14. The molecule has 2 aromatic carbocycles. The van der Waals surface area contributed by atoms with Crippen LogP contribution in [0.1, 0.15) is 34.0 Å². The van der Waals surface area contributed by atoms with E-state index in [1.807, 2.05) is 62.5 Å². The van der Waals surface area contributed by atoms with Crippen LogP contribution < -0.4 is 9.80 Å². The molecule has 5 heteroatoms. The van der Waals surface area contributed by atoms with Crippen molar-refractivity contribution in [3.8, 4) is 0 Å². The molecular weight excluding hydrogens is 362 g/mol. The molecule has 5 nitrogen and oxygen atoms in total. The Morgan fingerprint density at radius 1 is 0.897 bits per heavy atom. The van der Waals surface area contributed by atoms with E-state index in [0.717, 1.165) is 49.4 Å². The van der Waals surface area contributed by atoms with Gasteiger partial charge in [0.2, 0.25) is 0 Å². The molecule has 0 aliphatic carbocycles. The zero-order valence-corrected chi connectivity index (χ0v) is 17.4. The Morgan fingerprint density at radius 3 is 2.14 bits per heavy atom. The van der Waals surface area contributed by atoms with Gasteiger partial charge < -0.3 is 9.80 Å². The number of piperazine rings is 1. The first-order chi connectivity index (χ1) is 14.0. The first-order valence-corrected chi connectivity index (χ1v) is 10.3. The number of hydrogen-bond donors (Lipinski definition) is 1. The lowest BCUT2D eigenvalue weighted by atomic mass is 9.92. The van der Waals surface area contributed by atoms with Crippen LogP contribution in [0.4, 0.5) is 5.69 Å². The fraction of sp³-hybridized carbons (Fsp3) is 0.333. The predicted octanol–water partition coefficient (Wildman–Crippen LogP) is 2.05. The van der Waals surface area contributed by atoms with Crippen molar-refractivity contribution < 1.29 is 14.5 Å². The second kappa shape index (κ2) is 7.84. The van der Waals surface area contributed by atoms with E-state index in [1.165, 1.54) is 4.90 Å². The van der Waals surface area contributed by atoms with Crippen LogP contribution in [-0.4, -0.2) is 49.4 Å². The molecule has 2 amide bonds. The van der Waals surface area contributed by atoms with Gasteiger partial charge >= 0.3 is 0 Å². The van der Waals surface area contributed by atoms with Crippen LogP contribution in [-0.2, 0) is 4.79 Å². The zero-order valence-electron chi connectivity index (χ0n) is 17.4. The van der Waals surface area contributed by atoms with Gasteiger partial charge in [0.15, 0.2) is 0 Å². The average molecular weight is 391 g/mol. The van der Waals surface area contributed by atoms with Crippen molar-refractivity contribution in [1.82, 2.24) is 4.90 Å². The minimum absolute atomic E-state index is 0.239. The van der Waals surface area contributed by atoms with Crippen LogP contribution in [0.15, 0.2) is 48.7 Å². The van der Waals surface area contributed by atoms with E-state index in [2.05, 4.69) is 11.8 Å². The fourth-order valence-electron chi connectivity index (χ4n) is 4.34. The molecule has 0 spiro atoms. The molecule has 150 valence electrons. The van der Waals surface area contributed by atoms with E-state index in [0.29, 0.717) is 16.8 Å². The number of carbonyl (C=O) groups is 2. The predicted molar refractivity (Wildman–Crippen MR) is 115 cm³/mol. The second-order valence-electron chi connectivity index (χ2n) is 7.91. The summed E-state index contributed by atoms with van der Waals surface area (Å²) in [5.74, 6) is -0.489. The molecule has 29 heavy (non-hydrogen) atoms. The summed E-state index contributed by atoms with van der Waals surface area (Å²) in [6, 6.07) is 13.3. The Kier molecular flexibility index (Phi) is 5.24. The Bertz CT molecular complexity index is 967. The third-order valence-electron chi connectivity index (χ3n) is 6.06. The van der Waals surface area contributed by atoms with E-state index >= 15 is 0 Å². The van der Waals surface area contributed by atoms with Crippen LogP contribution in [0.3, 0.4) is 0 Å². The number of fused-ring (bicyclic) bond motifs is 1. The second-order valence-corrected chi connectivity index (χ2v) is 7.91. The molecule has 0 bridgehead atoms. The summed E-state index contributed by atoms with van der Waals surface area (Å²) in [4.78, 5) is 32.1. The molecule has 0 unspecified atom stereocenters. The highest BCUT2D eigenvalue weighted by Gasteiger charge is 2.37. The lowest BCUT2D eigenvalue weighted by molar-refractivity contribution is -0.902. The topological polar surface area (TPSA) is 45.1 Å². The van der Waals surface area contributed by atoms with Crippen molar-refractivity contribution in [3.05, 3.63) is 70.9 Å². The number of aryl methyl sites for hydroxylation is 2. The molecule has 2 aliphatic heterocycles. The lowest BCUT2D eigenvalue weighted by Gasteiger charge is -2.34. The van der Waals surface area contributed by atoms with Crippen LogP contribution in [0, 0.1) is 13.8 Å². The van der Waals surface area contributed by atoms with Crippen molar-refractivity contribution in [2.75, 3.05) is 37.6 Å². The van der Waals surface area contributed by atoms with Crippen LogP contribution in [0.2, 0.25) is 0 Å². The normalized spacial score (nSPS) is 19.1. The Labute approximate surface area is 172 Å². The molecule has 2 aliphatic rings. The first-order valence-electron chi connectivity index (χ1n) is 10.3. The number of para-hydroxylation sites is 1. The number of likely N-dealkylation sites (N-methyl/N-ethyl adjacent to an activating group) is 1. The van der Waals surface area contributed by atoms with Gasteiger partial charge in [-0.1, -0.05) is 36.4 Å². The summed E-state index contributed by atoms with van der Waals surface area (Å²) in [5.41, 5.74) is 4.45. The minimum Gasteiger partial charge on any atom is -0.365 e. The van der Waals surface area contributed by atoms with Crippen molar-refractivity contribution in [2.24, 2.45) is 0 Å². The van der Waals surface area contributed by atoms with Gasteiger partial charge in [0, 0.05) is 17.3 Å². The number of amides is 2. The number of imide groups is 1. The van der Waals surface area contributed by atoms with Crippen molar-refractivity contribution in [3.63, 3.8) is 0 Å². The molecule has 1 N–H and O–H groups in total. The minimum atomic E-state index is -0.250. The third-order valence-corrected chi connectivity index (χ3v) is 6.06. The summed E-state index contributed by atoms with van der Waals surface area (Å²) in [6.07, 6.45) is 1.97. The van der Waals surface area contributed by atoms with Crippen molar-refractivity contribution >= 4 is 23.1 Å². The van der Waals surface area contributed by atoms with E-state index in [4.69, 9.17) is 0 Å². The molecule has 2 aromatic rings. The highest BCUT2D eigenvalue weighted by molar-refractivity contribution is 6.41. The highest BCUT2D eigenvalue weighted by atomic mass is 16.2. The molecular formula is C24H28N3O2+. The molecule has 1 saturated heterocycles. The summed E-state index contributed by atoms with van der Waals surface area (Å²) in [6.45, 7) is 11.2. The number of rotatable bonds is 3. The van der Waals surface area contributed by atoms with Crippen LogP contribution in [0.25, 0.3) is 5.57 Å². The maximum atomic E-state index is 13.6. The summed E-state index contributed by atoms with van der Waals surface area (Å²) in [7, 11) is 0. The van der Waals surface area contributed by atoms with E-state index in [-0.39, 0.29) is 11.8 Å². The van der Waals surface area contributed by atoms with Gasteiger partial charge in [-0.05, 0) is 38.0 Å². The maximum absolute atomic E-state index is 13.6. The Morgan fingerprint density at radius 2 is 1.52 bits per heavy atom. The molecule has 0 atom stereocenters. The summed E-state index contributed by atoms with van der Waals surface area (Å²) >= 11 is 0. The van der Waals surface area contributed by atoms with E-state index in [1.54, 1.807) is 4.90 Å². The number of anilines is 1. The fourth-order valence-corrected chi connectivity index (χ4v) is 4.34. The summed E-state index contributed by atoms with van der Waals surface area (Å²) in [5, 5.41) is 0. The van der Waals surface area contributed by atoms with Gasteiger partial charge in [-0.2, -0.15) is 0 Å². The number of benzene rings is 2. The highest BCUT2D eigenvalue weighted by Crippen LogP contribution is 2.35. The molecule has 2 heterocycles. The van der Waals surface area contributed by atoms with Gasteiger partial charge in [-0.25, -0.2) is 4.90 Å². The number of quaternary nitrogens is 1. The number of nitrogens with zero attached hydrogens (tertiary/aromatic N) is 2. The first kappa shape index (κ1) is 19.4. The Balaban J connectivity index is 1.79. The van der Waals surface area contributed by atoms with E-state index in [9.17, 15) is 9.59 Å². The maximum Gasteiger partial charge on any atom is 0.267 e. The average Bonchev–Trinajstić information content (AvgIpc) is 2.73. The van der Waals surface area contributed by atoms with Crippen molar-refractivity contribution in [1.29, 1.82) is 0 Å². The SMILES string of the molecule is CC[NH+]1CCN(/C=C2\C(=O)N(c3c(C)cccc3C)C(=O)c3ccccc32)CC1. The monoisotopic (exact) mass is 390 g/mol. The largest absolute Gasteiger partial charge is 0.365 e. The smallest absolute Gasteiger partial charge is 0.267 e. The third kappa shape index (κ3) is 3.47. The van der Waals surface area contributed by atoms with Gasteiger partial charge in [-0.15, -0.1) is 0 Å². The molecule has 0 radical (unpaired) electrons. The molecule has 0 aromatic heterocycles. The number of hydrogen-bond acceptors (Lipinski definition) is 3. The zero-order chi connectivity index (χ0) is 20.5. The molecule has 1 fully saturated rings.